The van der Waals surface area contributed by atoms with Crippen molar-refractivity contribution in [1.29, 1.82) is 0 Å². The molecule has 1 spiro atoms. The Kier molecular flexibility index (Phi) is 7.63. The zero-order valence-corrected chi connectivity index (χ0v) is 15.7. The number of halogens is 3. The first-order valence-corrected chi connectivity index (χ1v) is 9.14. The number of carboxylic acids is 1. The number of anilines is 1. The molecule has 2 aliphatic heterocycles. The molecule has 29 heavy (non-hydrogen) atoms. The molecule has 3 rings (SSSR count). The zero-order valence-electron chi connectivity index (χ0n) is 15.7. The normalized spacial score (nSPS) is 18.4. The van der Waals surface area contributed by atoms with Crippen molar-refractivity contribution >= 4 is 23.6 Å². The van der Waals surface area contributed by atoms with Gasteiger partial charge in [0.1, 0.15) is 0 Å². The lowest BCUT2D eigenvalue weighted by molar-refractivity contribution is -0.192. The van der Waals surface area contributed by atoms with E-state index in [1.54, 1.807) is 11.6 Å². The van der Waals surface area contributed by atoms with Gasteiger partial charge in [0.25, 0.3) is 5.91 Å². The first kappa shape index (κ1) is 22.7. The van der Waals surface area contributed by atoms with E-state index in [4.69, 9.17) is 15.1 Å². The summed E-state index contributed by atoms with van der Waals surface area (Å²) >= 11 is 0. The Balaban J connectivity index is 0.000000370. The Morgan fingerprint density at radius 1 is 1.17 bits per heavy atom. The Bertz CT molecular complexity index is 746. The second-order valence-electron chi connectivity index (χ2n) is 7.09. The van der Waals surface area contributed by atoms with Gasteiger partial charge in [-0.2, -0.15) is 13.2 Å². The minimum Gasteiger partial charge on any atom is -0.475 e. The fraction of sp³-hybridized carbons (Fsp3) is 0.474. The summed E-state index contributed by atoms with van der Waals surface area (Å²) in [6, 6.07) is 8.11. The summed E-state index contributed by atoms with van der Waals surface area (Å²) in [4.78, 5) is 22.5. The highest BCUT2D eigenvalue weighted by Gasteiger charge is 2.39. The third-order valence-corrected chi connectivity index (χ3v) is 5.15. The molecule has 1 aromatic rings. The van der Waals surface area contributed by atoms with Gasteiger partial charge in [0.2, 0.25) is 0 Å². The molecule has 0 aliphatic carbocycles. The highest BCUT2D eigenvalue weighted by molar-refractivity contribution is 5.91. The van der Waals surface area contributed by atoms with E-state index < -0.39 is 18.1 Å². The summed E-state index contributed by atoms with van der Waals surface area (Å²) < 4.78 is 31.7. The smallest absolute Gasteiger partial charge is 0.475 e. The second kappa shape index (κ2) is 9.75. The fourth-order valence-electron chi connectivity index (χ4n) is 3.63. The molecule has 160 valence electrons. The summed E-state index contributed by atoms with van der Waals surface area (Å²) in [6.45, 7) is 4.39. The van der Waals surface area contributed by atoms with Gasteiger partial charge in [-0.05, 0) is 55.5 Å². The summed E-state index contributed by atoms with van der Waals surface area (Å²) in [7, 11) is 0. The van der Waals surface area contributed by atoms with Gasteiger partial charge < -0.3 is 15.3 Å². The summed E-state index contributed by atoms with van der Waals surface area (Å²) in [5.41, 5.74) is 4.25. The molecule has 7 nitrogen and oxygen atoms in total. The van der Waals surface area contributed by atoms with Crippen molar-refractivity contribution in [3.8, 4) is 0 Å². The van der Waals surface area contributed by atoms with Crippen molar-refractivity contribution in [3.63, 3.8) is 0 Å². The Hall–Kier alpha value is -2.59. The van der Waals surface area contributed by atoms with Crippen LogP contribution in [0, 0.1) is 5.41 Å². The minimum atomic E-state index is -5.08. The quantitative estimate of drug-likeness (QED) is 0.344. The van der Waals surface area contributed by atoms with Crippen LogP contribution in [0.25, 0.3) is 6.08 Å². The van der Waals surface area contributed by atoms with E-state index in [0.29, 0.717) is 5.41 Å². The second-order valence-corrected chi connectivity index (χ2v) is 7.09. The number of alkyl halides is 3. The van der Waals surface area contributed by atoms with Crippen molar-refractivity contribution in [2.45, 2.75) is 25.4 Å². The van der Waals surface area contributed by atoms with Crippen LogP contribution in [-0.2, 0) is 9.59 Å². The van der Waals surface area contributed by atoms with Crippen LogP contribution in [0.5, 0.6) is 0 Å². The van der Waals surface area contributed by atoms with Crippen LogP contribution in [0.15, 0.2) is 30.3 Å². The lowest BCUT2D eigenvalue weighted by atomic mass is 9.78. The van der Waals surface area contributed by atoms with Gasteiger partial charge in [0.05, 0.1) is 0 Å². The number of hydrogen-bond donors (Lipinski definition) is 4. The maximum Gasteiger partial charge on any atom is 0.490 e. The SMILES string of the molecule is O=C(C=Cc1ccccc1N1CCC2(CCNCC2)C1)NO.O=C(O)C(F)(F)F. The standard InChI is InChI=1S/C17H23N3O2.C2HF3O2/c21-16(19-22)6-5-14-3-1-2-4-15(14)20-12-9-17(13-20)7-10-18-11-8-17;3-2(4,5)1(6)7/h1-6,18,22H,7-13H2,(H,19,21);(H,6,7). The first-order valence-electron chi connectivity index (χ1n) is 9.14. The number of amides is 1. The van der Waals surface area contributed by atoms with E-state index >= 15 is 0 Å². The largest absolute Gasteiger partial charge is 0.490 e. The number of carbonyl (C=O) groups is 2. The predicted octanol–water partition coefficient (Wildman–Crippen LogP) is 2.42. The van der Waals surface area contributed by atoms with E-state index in [0.717, 1.165) is 31.7 Å². The summed E-state index contributed by atoms with van der Waals surface area (Å²) in [5.74, 6) is -3.27. The fourth-order valence-corrected chi connectivity index (χ4v) is 3.63. The van der Waals surface area contributed by atoms with Crippen molar-refractivity contribution in [1.82, 2.24) is 10.8 Å². The number of para-hydroxylation sites is 1. The van der Waals surface area contributed by atoms with Gasteiger partial charge in [-0.1, -0.05) is 18.2 Å². The third-order valence-electron chi connectivity index (χ3n) is 5.15. The number of carboxylic acid groups (broad SMARTS) is 1. The van der Waals surface area contributed by atoms with Crippen LogP contribution in [0.4, 0.5) is 18.9 Å². The molecule has 0 atom stereocenters. The Labute approximate surface area is 166 Å². The number of rotatable bonds is 3. The Morgan fingerprint density at radius 2 is 1.79 bits per heavy atom. The molecule has 2 heterocycles. The van der Waals surface area contributed by atoms with Crippen LogP contribution >= 0.6 is 0 Å². The van der Waals surface area contributed by atoms with E-state index in [1.807, 2.05) is 18.2 Å². The first-order chi connectivity index (χ1) is 13.7. The van der Waals surface area contributed by atoms with Crippen molar-refractivity contribution in [2.75, 3.05) is 31.1 Å². The molecular weight excluding hydrogens is 391 g/mol. The van der Waals surface area contributed by atoms with E-state index in [9.17, 15) is 18.0 Å². The van der Waals surface area contributed by atoms with Crippen molar-refractivity contribution < 1.29 is 33.1 Å². The molecule has 0 radical (unpaired) electrons. The average molecular weight is 415 g/mol. The minimum absolute atomic E-state index is 0.449. The number of piperidine rings is 1. The number of benzene rings is 1. The molecule has 10 heteroatoms. The molecule has 2 aliphatic rings. The van der Waals surface area contributed by atoms with E-state index in [1.165, 1.54) is 31.0 Å². The van der Waals surface area contributed by atoms with Gasteiger partial charge in [-0.25, -0.2) is 10.3 Å². The lowest BCUT2D eigenvalue weighted by Gasteiger charge is -2.34. The number of hydroxylamine groups is 1. The molecule has 1 amide bonds. The zero-order chi connectivity index (χ0) is 21.5. The number of carbonyl (C=O) groups excluding carboxylic acids is 1. The number of aliphatic carboxylic acids is 1. The van der Waals surface area contributed by atoms with Crippen LogP contribution in [0.3, 0.4) is 0 Å². The highest BCUT2D eigenvalue weighted by Crippen LogP contribution is 2.41. The van der Waals surface area contributed by atoms with Gasteiger partial charge in [0, 0.05) is 24.9 Å². The van der Waals surface area contributed by atoms with E-state index in [2.05, 4.69) is 16.3 Å². The van der Waals surface area contributed by atoms with Gasteiger partial charge in [-0.15, -0.1) is 0 Å². The topological polar surface area (TPSA) is 102 Å². The number of nitrogens with one attached hydrogen (secondary N) is 2. The summed E-state index contributed by atoms with van der Waals surface area (Å²) in [5, 5.41) is 19.2. The average Bonchev–Trinajstić information content (AvgIpc) is 3.09. The highest BCUT2D eigenvalue weighted by atomic mass is 19.4. The molecule has 0 bridgehead atoms. The molecule has 0 saturated carbocycles. The van der Waals surface area contributed by atoms with Gasteiger partial charge in [0.15, 0.2) is 0 Å². The predicted molar refractivity (Wildman–Crippen MR) is 100 cm³/mol. The van der Waals surface area contributed by atoms with Gasteiger partial charge in [-0.3, -0.25) is 10.0 Å². The number of hydrogen-bond acceptors (Lipinski definition) is 5. The van der Waals surface area contributed by atoms with Crippen molar-refractivity contribution in [2.24, 2.45) is 5.41 Å². The van der Waals surface area contributed by atoms with E-state index in [-0.39, 0.29) is 0 Å². The summed E-state index contributed by atoms with van der Waals surface area (Å²) in [6.07, 6.45) is 1.76. The molecule has 4 N–H and O–H groups in total. The molecule has 0 aromatic heterocycles. The molecular formula is C19H24F3N3O4. The number of nitrogens with zero attached hydrogens (tertiary/aromatic N) is 1. The van der Waals surface area contributed by atoms with Crippen LogP contribution in [-0.4, -0.2) is 54.5 Å². The molecule has 0 unspecified atom stereocenters. The van der Waals surface area contributed by atoms with Gasteiger partial charge >= 0.3 is 12.1 Å². The molecule has 2 saturated heterocycles. The lowest BCUT2D eigenvalue weighted by Crippen LogP contribution is -2.38. The third kappa shape index (κ3) is 6.47. The van der Waals surface area contributed by atoms with Crippen LogP contribution < -0.4 is 15.7 Å². The van der Waals surface area contributed by atoms with Crippen molar-refractivity contribution in [3.05, 3.63) is 35.9 Å². The monoisotopic (exact) mass is 415 g/mol. The van der Waals surface area contributed by atoms with Crippen LogP contribution in [0.1, 0.15) is 24.8 Å². The molecule has 1 aromatic carbocycles. The van der Waals surface area contributed by atoms with Crippen LogP contribution in [0.2, 0.25) is 0 Å². The maximum atomic E-state index is 11.2. The maximum absolute atomic E-state index is 11.2. The molecule has 2 fully saturated rings. The Morgan fingerprint density at radius 3 is 2.38 bits per heavy atom.